The van der Waals surface area contributed by atoms with E-state index in [1.807, 2.05) is 0 Å². The van der Waals surface area contributed by atoms with Crippen molar-refractivity contribution in [3.8, 4) is 5.75 Å². The summed E-state index contributed by atoms with van der Waals surface area (Å²) in [6, 6.07) is 7.93. The van der Waals surface area contributed by atoms with Gasteiger partial charge in [0.2, 0.25) is 0 Å². The van der Waals surface area contributed by atoms with Gasteiger partial charge in [0.15, 0.2) is 12.5 Å². The molecule has 4 rings (SSSR count). The van der Waals surface area contributed by atoms with Crippen molar-refractivity contribution in [3.05, 3.63) is 52.3 Å². The van der Waals surface area contributed by atoms with Crippen LogP contribution in [0.5, 0.6) is 5.75 Å². The molecule has 2 aromatic rings. The molecule has 1 aromatic carbocycles. The van der Waals surface area contributed by atoms with Crippen LogP contribution in [0.15, 0.2) is 36.5 Å². The first-order valence-corrected chi connectivity index (χ1v) is 9.72. The molecule has 2 fully saturated rings. The maximum Gasteiger partial charge on any atom is 0.311 e. The van der Waals surface area contributed by atoms with E-state index >= 15 is 0 Å². The number of nitro benzene ring substituents is 1. The molecule has 0 unspecified atom stereocenters. The number of ether oxygens (including phenoxy) is 1. The Balaban J connectivity index is 1.34. The van der Waals surface area contributed by atoms with Crippen LogP contribution in [-0.2, 0) is 6.73 Å². The van der Waals surface area contributed by atoms with Crippen LogP contribution in [0.4, 0.5) is 5.69 Å². The van der Waals surface area contributed by atoms with Crippen molar-refractivity contribution < 1.29 is 14.5 Å². The molecule has 1 N–H and O–H groups in total. The minimum Gasteiger partial charge on any atom is -0.464 e. The lowest BCUT2D eigenvalue weighted by atomic mass is 9.84. The van der Waals surface area contributed by atoms with Crippen molar-refractivity contribution in [3.63, 3.8) is 0 Å². The van der Waals surface area contributed by atoms with E-state index in [4.69, 9.17) is 4.74 Å². The smallest absolute Gasteiger partial charge is 0.311 e. The average molecular weight is 384 g/mol. The zero-order chi connectivity index (χ0) is 19.7. The number of nitrogens with zero attached hydrogens (tertiary/aromatic N) is 3. The molecule has 148 valence electrons. The molecule has 0 aliphatic heterocycles. The summed E-state index contributed by atoms with van der Waals surface area (Å²) >= 11 is 0. The molecule has 1 heterocycles. The second-order valence-electron chi connectivity index (χ2n) is 7.84. The van der Waals surface area contributed by atoms with E-state index in [1.165, 1.54) is 42.5 Å². The monoisotopic (exact) mass is 384 g/mol. The van der Waals surface area contributed by atoms with E-state index in [2.05, 4.69) is 17.3 Å². The zero-order valence-corrected chi connectivity index (χ0v) is 15.8. The summed E-state index contributed by atoms with van der Waals surface area (Å²) in [7, 11) is 0. The first-order chi connectivity index (χ1) is 13.5. The van der Waals surface area contributed by atoms with Crippen LogP contribution < -0.4 is 10.1 Å². The standard InChI is InChI=1S/C20H24N4O4/c1-13(16-11-14-6-7-15(16)10-14)21-20(25)17-8-9-23(22-17)12-28-19-5-3-2-4-18(19)24(26)27/h2-5,8-9,13-16H,6-7,10-12H2,1H3,(H,21,25)/t13-,14-,15-,16+/m0/s1. The Labute approximate surface area is 163 Å². The van der Waals surface area contributed by atoms with Gasteiger partial charge in [0.05, 0.1) is 4.92 Å². The molecule has 0 radical (unpaired) electrons. The fourth-order valence-corrected chi connectivity index (χ4v) is 4.71. The van der Waals surface area contributed by atoms with E-state index in [0.29, 0.717) is 11.6 Å². The number of carbonyl (C=O) groups excluding carboxylic acids is 1. The minimum absolute atomic E-state index is 0.0138. The number of aromatic nitrogens is 2. The Morgan fingerprint density at radius 1 is 1.36 bits per heavy atom. The van der Waals surface area contributed by atoms with Crippen molar-refractivity contribution in [2.75, 3.05) is 0 Å². The molecule has 2 aliphatic carbocycles. The Kier molecular flexibility index (Phi) is 5.02. The van der Waals surface area contributed by atoms with E-state index in [0.717, 1.165) is 11.8 Å². The van der Waals surface area contributed by atoms with Gasteiger partial charge in [-0.15, -0.1) is 0 Å². The van der Waals surface area contributed by atoms with Crippen LogP contribution in [0.2, 0.25) is 0 Å². The molecule has 8 nitrogen and oxygen atoms in total. The summed E-state index contributed by atoms with van der Waals surface area (Å²) in [6.45, 7) is 2.07. The van der Waals surface area contributed by atoms with E-state index < -0.39 is 4.92 Å². The Hall–Kier alpha value is -2.90. The number of benzene rings is 1. The van der Waals surface area contributed by atoms with Crippen LogP contribution in [0, 0.1) is 27.9 Å². The maximum absolute atomic E-state index is 12.5. The highest BCUT2D eigenvalue weighted by atomic mass is 16.6. The van der Waals surface area contributed by atoms with Gasteiger partial charge in [0.1, 0.15) is 5.69 Å². The molecule has 8 heteroatoms. The maximum atomic E-state index is 12.5. The number of nitrogens with one attached hydrogen (secondary N) is 1. The summed E-state index contributed by atoms with van der Waals surface area (Å²) < 4.78 is 6.95. The summed E-state index contributed by atoms with van der Waals surface area (Å²) in [5.74, 6) is 2.12. The Morgan fingerprint density at radius 2 is 2.18 bits per heavy atom. The lowest BCUT2D eigenvalue weighted by Gasteiger charge is -2.28. The first kappa shape index (κ1) is 18.5. The Bertz CT molecular complexity index is 881. The molecule has 0 spiro atoms. The van der Waals surface area contributed by atoms with Crippen molar-refractivity contribution in [2.45, 2.75) is 45.4 Å². The predicted octanol–water partition coefficient (Wildman–Crippen LogP) is 3.38. The summed E-state index contributed by atoms with van der Waals surface area (Å²) in [5, 5.41) is 18.4. The van der Waals surface area contributed by atoms with Gasteiger partial charge in [0, 0.05) is 18.3 Å². The van der Waals surface area contributed by atoms with Crippen LogP contribution in [-0.4, -0.2) is 26.7 Å². The van der Waals surface area contributed by atoms with Crippen molar-refractivity contribution in [1.82, 2.24) is 15.1 Å². The van der Waals surface area contributed by atoms with Gasteiger partial charge in [-0.1, -0.05) is 18.6 Å². The van der Waals surface area contributed by atoms with Crippen LogP contribution >= 0.6 is 0 Å². The Morgan fingerprint density at radius 3 is 2.89 bits per heavy atom. The molecule has 0 saturated heterocycles. The molecule has 1 amide bonds. The number of fused-ring (bicyclic) bond motifs is 2. The molecule has 1 aromatic heterocycles. The topological polar surface area (TPSA) is 99.3 Å². The third-order valence-corrected chi connectivity index (χ3v) is 6.08. The van der Waals surface area contributed by atoms with Gasteiger partial charge in [-0.25, -0.2) is 4.68 Å². The third-order valence-electron chi connectivity index (χ3n) is 6.08. The summed E-state index contributed by atoms with van der Waals surface area (Å²) in [6.07, 6.45) is 6.78. The lowest BCUT2D eigenvalue weighted by Crippen LogP contribution is -2.40. The number of rotatable bonds is 7. The number of amides is 1. The molecular weight excluding hydrogens is 360 g/mol. The van der Waals surface area contributed by atoms with E-state index in [1.54, 1.807) is 24.4 Å². The van der Waals surface area contributed by atoms with Crippen LogP contribution in [0.3, 0.4) is 0 Å². The second kappa shape index (κ2) is 7.61. The predicted molar refractivity (Wildman–Crippen MR) is 102 cm³/mol. The SMILES string of the molecule is C[C@H](NC(=O)c1ccn(COc2ccccc2[N+](=O)[O-])n1)[C@H]1C[C@H]2CC[C@H]1C2. The van der Waals surface area contributed by atoms with Crippen molar-refractivity contribution in [2.24, 2.45) is 17.8 Å². The fourth-order valence-electron chi connectivity index (χ4n) is 4.71. The number of para-hydroxylation sites is 2. The molecule has 2 saturated carbocycles. The third kappa shape index (κ3) is 3.72. The lowest BCUT2D eigenvalue weighted by molar-refractivity contribution is -0.386. The van der Waals surface area contributed by atoms with E-state index in [9.17, 15) is 14.9 Å². The minimum atomic E-state index is -0.492. The van der Waals surface area contributed by atoms with Gasteiger partial charge >= 0.3 is 5.69 Å². The molecular formula is C20H24N4O4. The number of carbonyl (C=O) groups is 1. The van der Waals surface area contributed by atoms with Crippen molar-refractivity contribution in [1.29, 1.82) is 0 Å². The molecule has 28 heavy (non-hydrogen) atoms. The zero-order valence-electron chi connectivity index (χ0n) is 15.8. The van der Waals surface area contributed by atoms with Gasteiger partial charge < -0.3 is 10.1 Å². The van der Waals surface area contributed by atoms with Crippen molar-refractivity contribution >= 4 is 11.6 Å². The van der Waals surface area contributed by atoms with Crippen LogP contribution in [0.25, 0.3) is 0 Å². The average Bonchev–Trinajstić information content (AvgIpc) is 3.43. The van der Waals surface area contributed by atoms with Crippen LogP contribution in [0.1, 0.15) is 43.1 Å². The number of nitro groups is 1. The largest absolute Gasteiger partial charge is 0.464 e. The van der Waals surface area contributed by atoms with E-state index in [-0.39, 0.29) is 30.1 Å². The second-order valence-corrected chi connectivity index (χ2v) is 7.84. The quantitative estimate of drug-likeness (QED) is 0.583. The van der Waals surface area contributed by atoms with Gasteiger partial charge in [0.25, 0.3) is 5.91 Å². The van der Waals surface area contributed by atoms with Gasteiger partial charge in [-0.3, -0.25) is 14.9 Å². The summed E-state index contributed by atoms with van der Waals surface area (Å²) in [5.41, 5.74) is 0.216. The molecule has 2 bridgehead atoms. The number of hydrogen-bond donors (Lipinski definition) is 1. The fraction of sp³-hybridized carbons (Fsp3) is 0.500. The van der Waals surface area contributed by atoms with Gasteiger partial charge in [-0.2, -0.15) is 5.10 Å². The highest BCUT2D eigenvalue weighted by Gasteiger charge is 2.42. The first-order valence-electron chi connectivity index (χ1n) is 9.72. The van der Waals surface area contributed by atoms with Gasteiger partial charge in [-0.05, 0) is 56.1 Å². The summed E-state index contributed by atoms with van der Waals surface area (Å²) in [4.78, 5) is 23.1. The number of hydrogen-bond acceptors (Lipinski definition) is 5. The molecule has 2 aliphatic rings. The normalized spacial score (nSPS) is 24.1. The highest BCUT2D eigenvalue weighted by Crippen LogP contribution is 2.49. The molecule has 4 atom stereocenters. The highest BCUT2D eigenvalue weighted by molar-refractivity contribution is 5.92.